The molecule has 0 radical (unpaired) electrons. The molecule has 19 nitrogen and oxygen atoms in total. The lowest BCUT2D eigenvalue weighted by Gasteiger charge is -2.27. The summed E-state index contributed by atoms with van der Waals surface area (Å²) in [6.45, 7) is 2.82. The van der Waals surface area contributed by atoms with Crippen LogP contribution in [0.5, 0.6) is 0 Å². The number of carbonyl (C=O) groups is 7. The lowest BCUT2D eigenvalue weighted by Crippen LogP contribution is -2.59. The number of aliphatic carboxylic acids is 1. The van der Waals surface area contributed by atoms with Gasteiger partial charge in [0, 0.05) is 42.9 Å². The van der Waals surface area contributed by atoms with Crippen LogP contribution in [-0.2, 0) is 46.4 Å². The van der Waals surface area contributed by atoms with E-state index in [0.29, 0.717) is 5.56 Å². The maximum atomic E-state index is 14.1. The molecule has 56 heavy (non-hydrogen) atoms. The van der Waals surface area contributed by atoms with E-state index < -0.39 is 77.7 Å². The van der Waals surface area contributed by atoms with Crippen molar-refractivity contribution in [1.82, 2.24) is 36.9 Å². The van der Waals surface area contributed by atoms with Crippen LogP contribution in [0.2, 0.25) is 0 Å². The van der Waals surface area contributed by atoms with E-state index >= 15 is 0 Å². The molecule has 6 amide bonds. The number of H-pyrrole nitrogens is 1. The summed E-state index contributed by atoms with van der Waals surface area (Å²) < 4.78 is 0. The summed E-state index contributed by atoms with van der Waals surface area (Å²) >= 11 is 0. The fourth-order valence-electron chi connectivity index (χ4n) is 5.64. The number of carboxylic acids is 1. The Kier molecular flexibility index (Phi) is 16.8. The monoisotopic (exact) mass is 777 g/mol. The SMILES string of the molecule is C[C@H](N)C(=O)N[C@@H](Cc1c[nH]c2ccccc12)C(=O)N[C@@H](Cc1ccccc1)C(=O)N[C@@H](CCCNC(=N)N)C(=O)N[C@@H](CCC(N)=O)C(=O)N[C@@H](C)C(=O)O. The lowest BCUT2D eigenvalue weighted by molar-refractivity contribution is -0.142. The minimum Gasteiger partial charge on any atom is -0.480 e. The Labute approximate surface area is 323 Å². The van der Waals surface area contributed by atoms with Gasteiger partial charge < -0.3 is 59.2 Å². The molecule has 302 valence electrons. The molecule has 6 atom stereocenters. The number of para-hydroxylation sites is 1. The number of carbonyl (C=O) groups excluding carboxylic acids is 6. The van der Waals surface area contributed by atoms with E-state index in [2.05, 4.69) is 36.9 Å². The minimum atomic E-state index is -1.41. The summed E-state index contributed by atoms with van der Waals surface area (Å²) in [7, 11) is 0. The number of hydrogen-bond donors (Lipinski definition) is 12. The maximum Gasteiger partial charge on any atom is 0.325 e. The van der Waals surface area contributed by atoms with Crippen LogP contribution < -0.4 is 49.1 Å². The van der Waals surface area contributed by atoms with Crippen molar-refractivity contribution >= 4 is 58.3 Å². The third-order valence-electron chi connectivity index (χ3n) is 8.72. The number of benzene rings is 2. The van der Waals surface area contributed by atoms with Gasteiger partial charge in [0.15, 0.2) is 5.96 Å². The molecule has 3 rings (SSSR count). The van der Waals surface area contributed by atoms with Crippen LogP contribution in [-0.4, -0.2) is 100 Å². The fourth-order valence-corrected chi connectivity index (χ4v) is 5.64. The number of nitrogens with one attached hydrogen (secondary N) is 8. The number of amides is 6. The first-order valence-corrected chi connectivity index (χ1v) is 18.0. The normalized spacial score (nSPS) is 14.1. The predicted octanol–water partition coefficient (Wildman–Crippen LogP) is -1.64. The van der Waals surface area contributed by atoms with Crippen molar-refractivity contribution in [3.05, 3.63) is 71.9 Å². The lowest BCUT2D eigenvalue weighted by atomic mass is 10.0. The number of rotatable bonds is 22. The van der Waals surface area contributed by atoms with Gasteiger partial charge in [0.1, 0.15) is 30.2 Å². The van der Waals surface area contributed by atoms with Crippen molar-refractivity contribution in [2.24, 2.45) is 17.2 Å². The van der Waals surface area contributed by atoms with Crippen LogP contribution >= 0.6 is 0 Å². The quantitative estimate of drug-likeness (QED) is 0.0312. The van der Waals surface area contributed by atoms with Crippen molar-refractivity contribution in [3.8, 4) is 0 Å². The minimum absolute atomic E-state index is 0.0313. The highest BCUT2D eigenvalue weighted by molar-refractivity contribution is 5.97. The number of nitrogens with two attached hydrogens (primary N) is 3. The number of carboxylic acid groups (broad SMARTS) is 1. The smallest absolute Gasteiger partial charge is 0.325 e. The zero-order valence-electron chi connectivity index (χ0n) is 31.2. The molecule has 3 aromatic rings. The van der Waals surface area contributed by atoms with Gasteiger partial charge in [-0.25, -0.2) is 0 Å². The number of guanidine groups is 1. The molecule has 0 aliphatic rings. The van der Waals surface area contributed by atoms with Crippen LogP contribution in [0.3, 0.4) is 0 Å². The van der Waals surface area contributed by atoms with Crippen molar-refractivity contribution < 1.29 is 38.7 Å². The second-order valence-electron chi connectivity index (χ2n) is 13.3. The molecule has 2 aromatic carbocycles. The van der Waals surface area contributed by atoms with Gasteiger partial charge in [-0.3, -0.25) is 39.0 Å². The zero-order valence-corrected chi connectivity index (χ0v) is 31.2. The average Bonchev–Trinajstić information content (AvgIpc) is 3.56. The van der Waals surface area contributed by atoms with Gasteiger partial charge in [-0.15, -0.1) is 0 Å². The highest BCUT2D eigenvalue weighted by atomic mass is 16.4. The van der Waals surface area contributed by atoms with Gasteiger partial charge in [0.25, 0.3) is 0 Å². The number of fused-ring (bicyclic) bond motifs is 1. The van der Waals surface area contributed by atoms with E-state index in [-0.39, 0.29) is 51.0 Å². The van der Waals surface area contributed by atoms with Gasteiger partial charge >= 0.3 is 5.97 Å². The molecule has 0 bridgehead atoms. The van der Waals surface area contributed by atoms with Gasteiger partial charge in [-0.1, -0.05) is 48.5 Å². The van der Waals surface area contributed by atoms with Crippen LogP contribution in [0, 0.1) is 5.41 Å². The third kappa shape index (κ3) is 14.0. The fraction of sp³-hybridized carbons (Fsp3) is 0.405. The van der Waals surface area contributed by atoms with Crippen molar-refractivity contribution in [1.29, 1.82) is 5.41 Å². The Hall–Kier alpha value is -6.50. The van der Waals surface area contributed by atoms with Gasteiger partial charge in [-0.05, 0) is 50.3 Å². The molecule has 0 saturated heterocycles. The molecular formula is C37H51N11O8. The molecule has 0 unspecified atom stereocenters. The van der Waals surface area contributed by atoms with E-state index in [4.69, 9.17) is 22.6 Å². The molecule has 0 fully saturated rings. The largest absolute Gasteiger partial charge is 0.480 e. The highest BCUT2D eigenvalue weighted by Gasteiger charge is 2.33. The molecule has 0 aliphatic carbocycles. The Bertz CT molecular complexity index is 1870. The zero-order chi connectivity index (χ0) is 41.4. The first kappa shape index (κ1) is 43.9. The molecule has 1 heterocycles. The molecule has 19 heteroatoms. The molecule has 1 aromatic heterocycles. The topological polar surface area (TPSA) is 330 Å². The molecule has 0 spiro atoms. The summed E-state index contributed by atoms with van der Waals surface area (Å²) in [4.78, 5) is 93.9. The van der Waals surface area contributed by atoms with E-state index in [1.54, 1.807) is 36.5 Å². The van der Waals surface area contributed by atoms with Gasteiger partial charge in [0.2, 0.25) is 35.4 Å². The second-order valence-corrected chi connectivity index (χ2v) is 13.3. The Morgan fingerprint density at radius 3 is 1.86 bits per heavy atom. The van der Waals surface area contributed by atoms with Crippen LogP contribution in [0.25, 0.3) is 10.9 Å². The second kappa shape index (κ2) is 21.4. The third-order valence-corrected chi connectivity index (χ3v) is 8.72. The highest BCUT2D eigenvalue weighted by Crippen LogP contribution is 2.19. The summed E-state index contributed by atoms with van der Waals surface area (Å²) in [6.07, 6.45) is 1.27. The van der Waals surface area contributed by atoms with Crippen LogP contribution in [0.4, 0.5) is 0 Å². The Balaban J connectivity index is 1.93. The van der Waals surface area contributed by atoms with Crippen molar-refractivity contribution in [2.45, 2.75) is 88.6 Å². The standard InChI is InChI=1S/C37H51N11O8/c1-20(38)31(50)47-29(18-23-19-43-25-12-7-6-11-24(23)25)35(54)48-28(17-22-9-4-3-5-10-22)34(53)45-26(13-8-16-42-37(40)41)33(52)46-27(14-15-30(39)49)32(51)44-21(2)36(55)56/h3-7,9-12,19-21,26-29,43H,8,13-18,38H2,1-2H3,(H2,39,49)(H,44,51)(H,45,53)(H,46,52)(H,47,50)(H,48,54)(H,55,56)(H4,40,41,42)/t20-,21-,26-,27-,28-,29-/m0/s1. The number of aromatic amines is 1. The van der Waals surface area contributed by atoms with E-state index in [0.717, 1.165) is 16.5 Å². The summed E-state index contributed by atoms with van der Waals surface area (Å²) in [5, 5.41) is 33.0. The van der Waals surface area contributed by atoms with E-state index in [9.17, 15) is 38.7 Å². The predicted molar refractivity (Wildman–Crippen MR) is 206 cm³/mol. The summed E-state index contributed by atoms with van der Waals surface area (Å²) in [5.41, 5.74) is 18.7. The summed E-state index contributed by atoms with van der Waals surface area (Å²) in [5.74, 6) is -6.29. The van der Waals surface area contributed by atoms with Crippen LogP contribution in [0.15, 0.2) is 60.8 Å². The average molecular weight is 778 g/mol. The van der Waals surface area contributed by atoms with E-state index in [1.165, 1.54) is 13.8 Å². The van der Waals surface area contributed by atoms with Gasteiger partial charge in [0.05, 0.1) is 6.04 Å². The summed E-state index contributed by atoms with van der Waals surface area (Å²) in [6, 6.07) is 8.66. The molecule has 0 aliphatic heterocycles. The first-order valence-electron chi connectivity index (χ1n) is 18.0. The van der Waals surface area contributed by atoms with E-state index in [1.807, 2.05) is 24.3 Å². The van der Waals surface area contributed by atoms with Crippen molar-refractivity contribution in [3.63, 3.8) is 0 Å². The number of primary amides is 1. The number of aromatic nitrogens is 1. The Morgan fingerprint density at radius 1 is 0.714 bits per heavy atom. The number of hydrogen-bond acceptors (Lipinski definition) is 9. The first-order chi connectivity index (χ1) is 26.5. The van der Waals surface area contributed by atoms with Crippen LogP contribution in [0.1, 0.15) is 50.7 Å². The molecular weight excluding hydrogens is 726 g/mol. The molecule has 0 saturated carbocycles. The maximum absolute atomic E-state index is 14.1. The molecule has 15 N–H and O–H groups in total. The van der Waals surface area contributed by atoms with Gasteiger partial charge in [-0.2, -0.15) is 0 Å². The van der Waals surface area contributed by atoms with Crippen molar-refractivity contribution in [2.75, 3.05) is 6.54 Å². The Morgan fingerprint density at radius 2 is 1.25 bits per heavy atom.